The quantitative estimate of drug-likeness (QED) is 0.901. The number of hydrogen-bond donors (Lipinski definition) is 1. The van der Waals surface area contributed by atoms with E-state index in [0.29, 0.717) is 18.9 Å². The van der Waals surface area contributed by atoms with E-state index in [0.717, 1.165) is 25.1 Å². The number of halogens is 1. The van der Waals surface area contributed by atoms with Gasteiger partial charge in [0, 0.05) is 19.0 Å². The van der Waals surface area contributed by atoms with Gasteiger partial charge < -0.3 is 10.6 Å². The number of hydrogen-bond acceptors (Lipinski definition) is 2. The van der Waals surface area contributed by atoms with Crippen molar-refractivity contribution in [2.24, 2.45) is 17.6 Å². The molecule has 1 fully saturated rings. The Morgan fingerprint density at radius 2 is 2.37 bits per heavy atom. The van der Waals surface area contributed by atoms with Crippen molar-refractivity contribution in [3.05, 3.63) is 35.6 Å². The van der Waals surface area contributed by atoms with Gasteiger partial charge in [0.25, 0.3) is 0 Å². The molecule has 104 valence electrons. The molecule has 1 aromatic carbocycles. The van der Waals surface area contributed by atoms with E-state index >= 15 is 0 Å². The molecule has 2 atom stereocenters. The van der Waals surface area contributed by atoms with Crippen LogP contribution in [-0.4, -0.2) is 30.4 Å². The molecule has 3 nitrogen and oxygen atoms in total. The Balaban J connectivity index is 1.93. The van der Waals surface area contributed by atoms with Gasteiger partial charge in [-0.05, 0) is 43.0 Å². The van der Waals surface area contributed by atoms with Crippen molar-refractivity contribution in [3.63, 3.8) is 0 Å². The monoisotopic (exact) mass is 264 g/mol. The normalized spacial score (nSPS) is 20.6. The first-order chi connectivity index (χ1) is 9.10. The van der Waals surface area contributed by atoms with Gasteiger partial charge in [-0.1, -0.05) is 19.1 Å². The molecule has 2 N–H and O–H groups in total. The summed E-state index contributed by atoms with van der Waals surface area (Å²) in [4.78, 5) is 14.2. The highest BCUT2D eigenvalue weighted by atomic mass is 19.1. The summed E-state index contributed by atoms with van der Waals surface area (Å²) in [5.41, 5.74) is 6.50. The summed E-state index contributed by atoms with van der Waals surface area (Å²) in [6, 6.07) is 6.46. The molecular weight excluding hydrogens is 243 g/mol. The number of amides is 1. The molecule has 0 aliphatic carbocycles. The molecule has 0 spiro atoms. The van der Waals surface area contributed by atoms with Crippen molar-refractivity contribution < 1.29 is 9.18 Å². The van der Waals surface area contributed by atoms with E-state index < -0.39 is 0 Å². The van der Waals surface area contributed by atoms with Gasteiger partial charge in [0.2, 0.25) is 5.91 Å². The summed E-state index contributed by atoms with van der Waals surface area (Å²) in [5, 5.41) is 0. The Hall–Kier alpha value is -1.42. The fourth-order valence-corrected chi connectivity index (χ4v) is 2.64. The third kappa shape index (κ3) is 3.53. The minimum atomic E-state index is -0.249. The van der Waals surface area contributed by atoms with Crippen molar-refractivity contribution in [1.29, 1.82) is 0 Å². The first-order valence-electron chi connectivity index (χ1n) is 6.83. The van der Waals surface area contributed by atoms with E-state index in [1.807, 2.05) is 17.9 Å². The largest absolute Gasteiger partial charge is 0.342 e. The molecule has 1 aliphatic rings. The number of nitrogens with two attached hydrogens (primary N) is 1. The highest BCUT2D eigenvalue weighted by molar-refractivity contribution is 5.79. The van der Waals surface area contributed by atoms with Gasteiger partial charge in [0.15, 0.2) is 0 Å². The van der Waals surface area contributed by atoms with Crippen LogP contribution in [0.3, 0.4) is 0 Å². The van der Waals surface area contributed by atoms with E-state index in [9.17, 15) is 9.18 Å². The minimum Gasteiger partial charge on any atom is -0.342 e. The molecule has 0 radical (unpaired) electrons. The summed E-state index contributed by atoms with van der Waals surface area (Å²) in [5.74, 6) is 0.227. The van der Waals surface area contributed by atoms with Crippen molar-refractivity contribution in [2.75, 3.05) is 19.6 Å². The molecule has 1 saturated heterocycles. The third-order valence-electron chi connectivity index (χ3n) is 3.78. The van der Waals surface area contributed by atoms with Crippen molar-refractivity contribution in [1.82, 2.24) is 4.90 Å². The lowest BCUT2D eigenvalue weighted by Crippen LogP contribution is -2.34. The van der Waals surface area contributed by atoms with Crippen molar-refractivity contribution in [3.8, 4) is 0 Å². The molecule has 1 amide bonds. The molecular formula is C15H21FN2O. The van der Waals surface area contributed by atoms with Crippen LogP contribution >= 0.6 is 0 Å². The second-order valence-corrected chi connectivity index (χ2v) is 5.41. The van der Waals surface area contributed by atoms with Gasteiger partial charge >= 0.3 is 0 Å². The third-order valence-corrected chi connectivity index (χ3v) is 3.78. The maximum absolute atomic E-state index is 13.1. The van der Waals surface area contributed by atoms with Gasteiger partial charge in [0.1, 0.15) is 5.82 Å². The number of carbonyl (C=O) groups excluding carboxylic acids is 1. The average molecular weight is 264 g/mol. The van der Waals surface area contributed by atoms with E-state index in [-0.39, 0.29) is 17.6 Å². The zero-order chi connectivity index (χ0) is 13.8. The highest BCUT2D eigenvalue weighted by Crippen LogP contribution is 2.19. The maximum atomic E-state index is 13.1. The smallest absolute Gasteiger partial charge is 0.225 e. The number of rotatable bonds is 4. The van der Waals surface area contributed by atoms with E-state index in [1.54, 1.807) is 6.07 Å². The first-order valence-corrected chi connectivity index (χ1v) is 6.83. The SMILES string of the molecule is CC(Cc1cccc(F)c1)C(=O)N1CCC(CN)C1. The number of likely N-dealkylation sites (tertiary alicyclic amines) is 1. The topological polar surface area (TPSA) is 46.3 Å². The number of carbonyl (C=O) groups is 1. The van der Waals surface area contributed by atoms with Crippen LogP contribution in [0.4, 0.5) is 4.39 Å². The fourth-order valence-electron chi connectivity index (χ4n) is 2.64. The lowest BCUT2D eigenvalue weighted by molar-refractivity contribution is -0.134. The second kappa shape index (κ2) is 6.15. The number of benzene rings is 1. The van der Waals surface area contributed by atoms with E-state index in [2.05, 4.69) is 0 Å². The van der Waals surface area contributed by atoms with Crippen LogP contribution in [0.15, 0.2) is 24.3 Å². The van der Waals surface area contributed by atoms with Crippen molar-refractivity contribution >= 4 is 5.91 Å². The maximum Gasteiger partial charge on any atom is 0.225 e. The molecule has 1 aliphatic heterocycles. The molecule has 0 aromatic heterocycles. The Bertz CT molecular complexity index is 450. The van der Waals surface area contributed by atoms with Gasteiger partial charge in [-0.2, -0.15) is 0 Å². The zero-order valence-corrected chi connectivity index (χ0v) is 11.3. The molecule has 0 bridgehead atoms. The van der Waals surface area contributed by atoms with Crippen molar-refractivity contribution in [2.45, 2.75) is 19.8 Å². The van der Waals surface area contributed by atoms with Crippen LogP contribution in [0.5, 0.6) is 0 Å². The molecule has 4 heteroatoms. The molecule has 2 unspecified atom stereocenters. The van der Waals surface area contributed by atoms with Crippen LogP contribution in [0.2, 0.25) is 0 Å². The fraction of sp³-hybridized carbons (Fsp3) is 0.533. The predicted octanol–water partition coefficient (Wildman–Crippen LogP) is 1.81. The molecule has 1 heterocycles. The van der Waals surface area contributed by atoms with Gasteiger partial charge in [-0.25, -0.2) is 4.39 Å². The lowest BCUT2D eigenvalue weighted by Gasteiger charge is -2.21. The van der Waals surface area contributed by atoms with E-state index in [4.69, 9.17) is 5.73 Å². The summed E-state index contributed by atoms with van der Waals surface area (Å²) >= 11 is 0. The number of nitrogens with zero attached hydrogens (tertiary/aromatic N) is 1. The average Bonchev–Trinajstić information content (AvgIpc) is 2.86. The molecule has 0 saturated carbocycles. The Kier molecular flexibility index (Phi) is 4.53. The Morgan fingerprint density at radius 1 is 1.58 bits per heavy atom. The summed E-state index contributed by atoms with van der Waals surface area (Å²) in [6.07, 6.45) is 1.58. The standard InChI is InChI=1S/C15H21FN2O/c1-11(7-12-3-2-4-14(16)8-12)15(19)18-6-5-13(9-17)10-18/h2-4,8,11,13H,5-7,9-10,17H2,1H3. The predicted molar refractivity (Wildman–Crippen MR) is 73.0 cm³/mol. The lowest BCUT2D eigenvalue weighted by atomic mass is 10.00. The van der Waals surface area contributed by atoms with Gasteiger partial charge in [-0.3, -0.25) is 4.79 Å². The molecule has 1 aromatic rings. The Labute approximate surface area is 113 Å². The molecule has 2 rings (SSSR count). The summed E-state index contributed by atoms with van der Waals surface area (Å²) in [7, 11) is 0. The van der Waals surface area contributed by atoms with Gasteiger partial charge in [-0.15, -0.1) is 0 Å². The zero-order valence-electron chi connectivity index (χ0n) is 11.3. The van der Waals surface area contributed by atoms with Crippen LogP contribution < -0.4 is 5.73 Å². The van der Waals surface area contributed by atoms with Gasteiger partial charge in [0.05, 0.1) is 0 Å². The van der Waals surface area contributed by atoms with Crippen LogP contribution in [0.25, 0.3) is 0 Å². The van der Waals surface area contributed by atoms with Crippen LogP contribution in [-0.2, 0) is 11.2 Å². The van der Waals surface area contributed by atoms with E-state index in [1.165, 1.54) is 12.1 Å². The highest BCUT2D eigenvalue weighted by Gasteiger charge is 2.28. The summed E-state index contributed by atoms with van der Waals surface area (Å²) < 4.78 is 13.1. The minimum absolute atomic E-state index is 0.113. The van der Waals surface area contributed by atoms with Crippen LogP contribution in [0.1, 0.15) is 18.9 Å². The second-order valence-electron chi connectivity index (χ2n) is 5.41. The Morgan fingerprint density at radius 3 is 3.00 bits per heavy atom. The first kappa shape index (κ1) is 14.0. The summed E-state index contributed by atoms with van der Waals surface area (Å²) in [6.45, 7) is 4.11. The van der Waals surface area contributed by atoms with Crippen LogP contribution in [0, 0.1) is 17.7 Å². The molecule has 19 heavy (non-hydrogen) atoms.